The molecule has 28 heteroatoms. The van der Waals surface area contributed by atoms with Gasteiger partial charge in [-0.15, -0.1) is 0 Å². The van der Waals surface area contributed by atoms with Crippen LogP contribution in [0, 0.1) is 0 Å². The van der Waals surface area contributed by atoms with E-state index in [9.17, 15) is 72.3 Å². The summed E-state index contributed by atoms with van der Waals surface area (Å²) >= 11 is 0. The second-order valence-electron chi connectivity index (χ2n) is 19.1. The van der Waals surface area contributed by atoms with Gasteiger partial charge in [-0.1, -0.05) is 65.8 Å². The molecule has 6 aromatic rings. The highest BCUT2D eigenvalue weighted by atomic mass is 19.4. The molecule has 0 spiro atoms. The molecule has 0 unspecified atom stereocenters. The zero-order valence-electron chi connectivity index (χ0n) is 42.8. The standard InChI is InChI=1S/C25H25F6N5O3.C25H24F6N4O3.C2H6O/c1-16(17-9-19(24(26,27)28)11-20(10-17)25(29,30)31)39-14-23(18-5-3-2-4-6-18)8-7-22(12-32-23,13-34-38)36-15-33-35-21(36)37;1-16(17-9-19(24(26,27)28)11-20(10-17)25(29,30)31)38-14-23(18-5-3-2-4-6-18)8-7-22(13-36,12-32-23)35-15-33-34-21(35)37;1-2-3/h2-6,9-11,13,15-16,32,38H,7-8,12,14H2,1H3,(H,35,37);2-6,9-11,13,15-16,32H,7-8,12,14H2,1H3,(H,34,37);3H,2H2,1H3/b34-13+;;/t2*16-,22-,23-;/m11./s1. The second-order valence-corrected chi connectivity index (χ2v) is 19.1. The van der Waals surface area contributed by atoms with Crippen LogP contribution in [0.2, 0.25) is 0 Å². The highest BCUT2D eigenvalue weighted by Gasteiger charge is 2.48. The van der Waals surface area contributed by atoms with Crippen molar-refractivity contribution in [2.75, 3.05) is 32.9 Å². The Morgan fingerprint density at radius 2 is 0.938 bits per heavy atom. The number of aliphatic hydroxyl groups is 1. The molecule has 0 amide bonds. The highest BCUT2D eigenvalue weighted by Crippen LogP contribution is 2.43. The summed E-state index contributed by atoms with van der Waals surface area (Å²) in [5.74, 6) is 0. The van der Waals surface area contributed by atoms with Crippen LogP contribution in [0.4, 0.5) is 52.7 Å². The fraction of sp³-hybridized carbons (Fsp3) is 0.423. The highest BCUT2D eigenvalue weighted by molar-refractivity contribution is 5.68. The first-order valence-electron chi connectivity index (χ1n) is 24.4. The topological polar surface area (TPSA) is 214 Å². The van der Waals surface area contributed by atoms with Gasteiger partial charge in [-0.05, 0) is 105 Å². The van der Waals surface area contributed by atoms with Crippen molar-refractivity contribution in [1.82, 2.24) is 40.2 Å². The van der Waals surface area contributed by atoms with E-state index >= 15 is 0 Å². The largest absolute Gasteiger partial charge is 0.416 e. The first kappa shape index (κ1) is 62.1. The SMILES string of the molecule is CCO.C[C@@H](OC[C@@]1(c2ccccc2)CC[C@@](/C=N/O)(n2cn[nH]c2=O)CN1)c1cc(C(F)(F)F)cc(C(F)(F)F)c1.C[C@@H](OC[C@@]1(c2ccccc2)CC[C@@](C=O)(n2cn[nH]c2=O)CN1)c1cc(C(F)(F)F)cc(C(F)(F)F)c1. The maximum absolute atomic E-state index is 13.4. The number of piperidine rings is 2. The van der Waals surface area contributed by atoms with Crippen molar-refractivity contribution in [2.24, 2.45) is 5.16 Å². The number of oxime groups is 1. The molecule has 434 valence electrons. The molecule has 8 rings (SSSR count). The fourth-order valence-corrected chi connectivity index (χ4v) is 9.41. The minimum Gasteiger partial charge on any atom is -0.411 e. The van der Waals surface area contributed by atoms with E-state index in [1.54, 1.807) is 55.5 Å². The summed E-state index contributed by atoms with van der Waals surface area (Å²) < 4.78 is 174. The average molecular weight is 1150 g/mol. The molecule has 0 radical (unpaired) electrons. The number of carbonyl (C=O) groups excluding carboxylic acids is 1. The Morgan fingerprint density at radius 1 is 0.600 bits per heavy atom. The van der Waals surface area contributed by atoms with Crippen LogP contribution in [0.3, 0.4) is 0 Å². The molecule has 2 fully saturated rings. The summed E-state index contributed by atoms with van der Waals surface area (Å²) in [4.78, 5) is 36.5. The Bertz CT molecular complexity index is 3060. The first-order valence-corrected chi connectivity index (χ1v) is 24.4. The number of hydrogen-bond acceptors (Lipinski definition) is 12. The Labute approximate surface area is 447 Å². The lowest BCUT2D eigenvalue weighted by molar-refractivity contribution is -0.145. The average Bonchev–Trinajstić information content (AvgIpc) is 4.21. The van der Waals surface area contributed by atoms with Gasteiger partial charge in [0, 0.05) is 19.7 Å². The van der Waals surface area contributed by atoms with Crippen molar-refractivity contribution in [2.45, 2.75) is 106 Å². The summed E-state index contributed by atoms with van der Waals surface area (Å²) in [6.45, 7) is 4.51. The van der Waals surface area contributed by atoms with Crippen LogP contribution < -0.4 is 22.0 Å². The van der Waals surface area contributed by atoms with Crippen LogP contribution in [-0.2, 0) is 61.1 Å². The molecule has 4 aromatic carbocycles. The number of halogens is 12. The summed E-state index contributed by atoms with van der Waals surface area (Å²) in [6.07, 6.45) is -16.8. The lowest BCUT2D eigenvalue weighted by Gasteiger charge is -2.46. The molecule has 2 aliphatic rings. The van der Waals surface area contributed by atoms with Crippen molar-refractivity contribution < 1.29 is 77.3 Å². The number of H-pyrrole nitrogens is 2. The van der Waals surface area contributed by atoms with Crippen molar-refractivity contribution in [1.29, 1.82) is 0 Å². The van der Waals surface area contributed by atoms with Crippen LogP contribution in [0.5, 0.6) is 0 Å². The number of rotatable bonds is 14. The third kappa shape index (κ3) is 14.2. The summed E-state index contributed by atoms with van der Waals surface area (Å²) in [7, 11) is 0. The van der Waals surface area contributed by atoms with E-state index < -0.39 is 92.7 Å². The number of benzene rings is 4. The Morgan fingerprint density at radius 3 is 1.21 bits per heavy atom. The van der Waals surface area contributed by atoms with E-state index in [2.05, 4.69) is 36.2 Å². The second kappa shape index (κ2) is 24.7. The Balaban J connectivity index is 0.000000246. The lowest BCUT2D eigenvalue weighted by Crippen LogP contribution is -2.60. The molecular weight excluding hydrogens is 1090 g/mol. The third-order valence-electron chi connectivity index (χ3n) is 14.0. The Hall–Kier alpha value is -7.14. The normalized spacial score (nSPS) is 22.6. The van der Waals surface area contributed by atoms with E-state index in [-0.39, 0.29) is 75.4 Å². The number of aldehydes is 1. The van der Waals surface area contributed by atoms with Crippen molar-refractivity contribution in [3.05, 3.63) is 175 Å². The van der Waals surface area contributed by atoms with Crippen LogP contribution in [0.1, 0.15) is 103 Å². The van der Waals surface area contributed by atoms with Gasteiger partial charge >= 0.3 is 36.1 Å². The van der Waals surface area contributed by atoms with E-state index in [0.717, 1.165) is 11.1 Å². The number of ether oxygens (including phenoxy) is 2. The molecule has 4 heterocycles. The van der Waals surface area contributed by atoms with Crippen LogP contribution in [0.15, 0.2) is 124 Å². The van der Waals surface area contributed by atoms with Gasteiger partial charge in [-0.3, -0.25) is 9.13 Å². The number of aliphatic hydroxyl groups excluding tert-OH is 1. The molecule has 6 atom stereocenters. The molecule has 6 N–H and O–H groups in total. The molecule has 16 nitrogen and oxygen atoms in total. The summed E-state index contributed by atoms with van der Waals surface area (Å²) in [5.41, 5.74) is -10.0. The number of aromatic nitrogens is 6. The van der Waals surface area contributed by atoms with Crippen LogP contribution >= 0.6 is 0 Å². The van der Waals surface area contributed by atoms with Gasteiger partial charge in [0.2, 0.25) is 0 Å². The van der Waals surface area contributed by atoms with E-state index in [1.807, 2.05) is 12.1 Å². The lowest BCUT2D eigenvalue weighted by atomic mass is 9.76. The number of carbonyl (C=O) groups is 1. The fourth-order valence-electron chi connectivity index (χ4n) is 9.41. The minimum absolute atomic E-state index is 0.00432. The third-order valence-corrected chi connectivity index (χ3v) is 14.0. The molecule has 2 aliphatic heterocycles. The van der Waals surface area contributed by atoms with E-state index in [1.165, 1.54) is 41.9 Å². The molecule has 2 saturated heterocycles. The van der Waals surface area contributed by atoms with Crippen molar-refractivity contribution in [3.8, 4) is 0 Å². The summed E-state index contributed by atoms with van der Waals surface area (Å²) in [6, 6.07) is 20.6. The number of nitrogens with one attached hydrogen (secondary N) is 4. The van der Waals surface area contributed by atoms with Crippen molar-refractivity contribution in [3.63, 3.8) is 0 Å². The number of nitrogens with zero attached hydrogens (tertiary/aromatic N) is 5. The van der Waals surface area contributed by atoms with Crippen LogP contribution in [-0.4, -0.2) is 85.3 Å². The van der Waals surface area contributed by atoms with Crippen LogP contribution in [0.25, 0.3) is 0 Å². The maximum Gasteiger partial charge on any atom is 0.416 e. The number of alkyl halides is 12. The van der Waals surface area contributed by atoms with Gasteiger partial charge in [0.25, 0.3) is 0 Å². The maximum atomic E-state index is 13.4. The molecule has 0 saturated carbocycles. The number of aromatic amines is 2. The van der Waals surface area contributed by atoms with Gasteiger partial charge in [0.15, 0.2) is 0 Å². The molecular formula is C52H55F12N9O7. The van der Waals surface area contributed by atoms with E-state index in [4.69, 9.17) is 14.6 Å². The zero-order chi connectivity index (χ0) is 59.0. The van der Waals surface area contributed by atoms with Gasteiger partial charge in [-0.25, -0.2) is 19.8 Å². The summed E-state index contributed by atoms with van der Waals surface area (Å²) in [5, 5.41) is 38.5. The smallest absolute Gasteiger partial charge is 0.411 e. The minimum atomic E-state index is -4.98. The zero-order valence-corrected chi connectivity index (χ0v) is 42.8. The van der Waals surface area contributed by atoms with Gasteiger partial charge < -0.3 is 35.2 Å². The van der Waals surface area contributed by atoms with Gasteiger partial charge in [-0.2, -0.15) is 62.9 Å². The van der Waals surface area contributed by atoms with E-state index in [0.29, 0.717) is 37.0 Å². The predicted molar refractivity (Wildman–Crippen MR) is 263 cm³/mol. The first-order chi connectivity index (χ1) is 37.5. The van der Waals surface area contributed by atoms with Gasteiger partial charge in [0.05, 0.1) is 65.0 Å². The van der Waals surface area contributed by atoms with Crippen molar-refractivity contribution >= 4 is 12.5 Å². The molecule has 0 aliphatic carbocycles. The quantitative estimate of drug-likeness (QED) is 0.0199. The van der Waals surface area contributed by atoms with Gasteiger partial charge in [0.1, 0.15) is 30.0 Å². The molecule has 2 aromatic heterocycles. The number of hydrogen-bond donors (Lipinski definition) is 6. The Kier molecular flexibility index (Phi) is 19.2. The molecule has 80 heavy (non-hydrogen) atoms. The molecule has 0 bridgehead atoms. The predicted octanol–water partition coefficient (Wildman–Crippen LogP) is 9.38. The monoisotopic (exact) mass is 1150 g/mol.